The molecule has 0 radical (unpaired) electrons. The van der Waals surface area contributed by atoms with Gasteiger partial charge in [0, 0.05) is 25.0 Å². The average molecular weight is 281 g/mol. The third kappa shape index (κ3) is 3.51. The number of hydrogen-bond acceptors (Lipinski definition) is 3. The molecule has 5 heteroatoms. The molecule has 2 aliphatic rings. The smallest absolute Gasteiger partial charge is 0.244 e. The van der Waals surface area contributed by atoms with Gasteiger partial charge in [0.2, 0.25) is 11.8 Å². The van der Waals surface area contributed by atoms with Crippen molar-refractivity contribution in [2.75, 3.05) is 13.1 Å². The Balaban J connectivity index is 1.82. The second-order valence-corrected chi connectivity index (χ2v) is 6.41. The summed E-state index contributed by atoms with van der Waals surface area (Å²) in [6.45, 7) is 5.57. The van der Waals surface area contributed by atoms with E-state index in [0.29, 0.717) is 5.92 Å². The second kappa shape index (κ2) is 6.57. The van der Waals surface area contributed by atoms with Gasteiger partial charge in [0.05, 0.1) is 0 Å². The van der Waals surface area contributed by atoms with E-state index in [0.717, 1.165) is 45.2 Å². The largest absolute Gasteiger partial charge is 0.344 e. The van der Waals surface area contributed by atoms with Crippen molar-refractivity contribution in [1.82, 2.24) is 10.2 Å². The first-order valence-corrected chi connectivity index (χ1v) is 7.83. The molecule has 5 nitrogen and oxygen atoms in total. The predicted molar refractivity (Wildman–Crippen MR) is 77.9 cm³/mol. The van der Waals surface area contributed by atoms with Gasteiger partial charge >= 0.3 is 0 Å². The van der Waals surface area contributed by atoms with Crippen molar-refractivity contribution < 1.29 is 9.59 Å². The van der Waals surface area contributed by atoms with Crippen LogP contribution in [-0.2, 0) is 9.59 Å². The van der Waals surface area contributed by atoms with Gasteiger partial charge in [-0.25, -0.2) is 0 Å². The number of carbonyl (C=O) groups is 2. The molecule has 0 aromatic carbocycles. The van der Waals surface area contributed by atoms with Gasteiger partial charge in [0.1, 0.15) is 6.04 Å². The Morgan fingerprint density at radius 3 is 2.50 bits per heavy atom. The van der Waals surface area contributed by atoms with Crippen LogP contribution in [0, 0.1) is 11.8 Å². The molecule has 114 valence electrons. The van der Waals surface area contributed by atoms with Gasteiger partial charge in [-0.15, -0.1) is 0 Å². The highest BCUT2D eigenvalue weighted by Gasteiger charge is 2.31. The lowest BCUT2D eigenvalue weighted by Gasteiger charge is -2.32. The highest BCUT2D eigenvalue weighted by Crippen LogP contribution is 2.27. The van der Waals surface area contributed by atoms with Crippen LogP contribution in [0.15, 0.2) is 0 Å². The molecule has 1 saturated heterocycles. The first kappa shape index (κ1) is 15.3. The van der Waals surface area contributed by atoms with Crippen molar-refractivity contribution in [3.8, 4) is 0 Å². The van der Waals surface area contributed by atoms with E-state index in [9.17, 15) is 9.59 Å². The molecule has 2 rings (SSSR count). The molecule has 0 spiro atoms. The van der Waals surface area contributed by atoms with Crippen LogP contribution >= 0.6 is 0 Å². The Bertz CT molecular complexity index is 366. The van der Waals surface area contributed by atoms with Crippen LogP contribution in [0.4, 0.5) is 0 Å². The Labute approximate surface area is 121 Å². The summed E-state index contributed by atoms with van der Waals surface area (Å²) in [7, 11) is 0. The van der Waals surface area contributed by atoms with Crippen LogP contribution in [0.1, 0.15) is 46.0 Å². The van der Waals surface area contributed by atoms with Crippen LogP contribution < -0.4 is 11.1 Å². The number of likely N-dealkylation sites (tertiary alicyclic amines) is 1. The minimum Gasteiger partial charge on any atom is -0.344 e. The van der Waals surface area contributed by atoms with Gasteiger partial charge in [-0.2, -0.15) is 0 Å². The van der Waals surface area contributed by atoms with Crippen molar-refractivity contribution in [3.63, 3.8) is 0 Å². The highest BCUT2D eigenvalue weighted by molar-refractivity contribution is 5.88. The number of rotatable bonds is 3. The first-order chi connectivity index (χ1) is 9.49. The fourth-order valence-electron chi connectivity index (χ4n) is 3.20. The van der Waals surface area contributed by atoms with E-state index >= 15 is 0 Å². The third-order valence-corrected chi connectivity index (χ3v) is 4.78. The maximum Gasteiger partial charge on any atom is 0.244 e. The number of amides is 2. The van der Waals surface area contributed by atoms with Crippen LogP contribution in [-0.4, -0.2) is 41.9 Å². The predicted octanol–water partition coefficient (Wildman–Crippen LogP) is 0.877. The Morgan fingerprint density at radius 2 is 1.90 bits per heavy atom. The van der Waals surface area contributed by atoms with Gasteiger partial charge in [-0.1, -0.05) is 6.92 Å². The molecule has 1 saturated carbocycles. The quantitative estimate of drug-likeness (QED) is 0.806. The fourth-order valence-corrected chi connectivity index (χ4v) is 3.20. The SMILES string of the molecule is CC(NC(=O)C1CCC(C)C(N)C1)C(=O)N1CCCC1. The van der Waals surface area contributed by atoms with Gasteiger partial charge in [-0.3, -0.25) is 9.59 Å². The molecular weight excluding hydrogens is 254 g/mol. The lowest BCUT2D eigenvalue weighted by atomic mass is 9.79. The average Bonchev–Trinajstić information content (AvgIpc) is 2.94. The molecule has 3 N–H and O–H groups in total. The van der Waals surface area contributed by atoms with E-state index in [4.69, 9.17) is 5.73 Å². The molecule has 0 aromatic rings. The van der Waals surface area contributed by atoms with E-state index < -0.39 is 6.04 Å². The van der Waals surface area contributed by atoms with E-state index in [1.54, 1.807) is 6.92 Å². The Kier molecular flexibility index (Phi) is 5.02. The maximum atomic E-state index is 12.2. The standard InChI is InChI=1S/C15H27N3O2/c1-10-5-6-12(9-13(10)16)14(19)17-11(2)15(20)18-7-3-4-8-18/h10-13H,3-9,16H2,1-2H3,(H,17,19). The molecule has 2 amide bonds. The first-order valence-electron chi connectivity index (χ1n) is 7.83. The van der Waals surface area contributed by atoms with Crippen LogP contribution in [0.2, 0.25) is 0 Å². The van der Waals surface area contributed by atoms with Crippen LogP contribution in [0.3, 0.4) is 0 Å². The third-order valence-electron chi connectivity index (χ3n) is 4.78. The fraction of sp³-hybridized carbons (Fsp3) is 0.867. The molecule has 1 heterocycles. The van der Waals surface area contributed by atoms with Gasteiger partial charge < -0.3 is 16.0 Å². The lowest BCUT2D eigenvalue weighted by Crippen LogP contribution is -2.49. The number of nitrogens with zero attached hydrogens (tertiary/aromatic N) is 1. The topological polar surface area (TPSA) is 75.4 Å². The Morgan fingerprint density at radius 1 is 1.25 bits per heavy atom. The van der Waals surface area contributed by atoms with Gasteiger partial charge in [0.15, 0.2) is 0 Å². The minimum atomic E-state index is -0.420. The molecule has 0 bridgehead atoms. The maximum absolute atomic E-state index is 12.2. The summed E-state index contributed by atoms with van der Waals surface area (Å²) >= 11 is 0. The number of nitrogens with one attached hydrogen (secondary N) is 1. The molecule has 4 atom stereocenters. The number of nitrogens with two attached hydrogens (primary N) is 1. The molecule has 4 unspecified atom stereocenters. The van der Waals surface area contributed by atoms with Crippen LogP contribution in [0.25, 0.3) is 0 Å². The summed E-state index contributed by atoms with van der Waals surface area (Å²) in [5.41, 5.74) is 6.04. The van der Waals surface area contributed by atoms with Crippen molar-refractivity contribution in [2.24, 2.45) is 17.6 Å². The summed E-state index contributed by atoms with van der Waals surface area (Å²) in [6.07, 6.45) is 4.75. The van der Waals surface area contributed by atoms with Crippen molar-refractivity contribution in [1.29, 1.82) is 0 Å². The molecule has 20 heavy (non-hydrogen) atoms. The zero-order valence-corrected chi connectivity index (χ0v) is 12.6. The second-order valence-electron chi connectivity index (χ2n) is 6.41. The van der Waals surface area contributed by atoms with Crippen molar-refractivity contribution in [3.05, 3.63) is 0 Å². The van der Waals surface area contributed by atoms with E-state index in [1.165, 1.54) is 0 Å². The zero-order valence-electron chi connectivity index (χ0n) is 12.6. The monoisotopic (exact) mass is 281 g/mol. The summed E-state index contributed by atoms with van der Waals surface area (Å²) in [5.74, 6) is 0.495. The normalized spacial score (nSPS) is 31.9. The summed E-state index contributed by atoms with van der Waals surface area (Å²) in [4.78, 5) is 26.3. The lowest BCUT2D eigenvalue weighted by molar-refractivity contribution is -0.136. The summed E-state index contributed by atoms with van der Waals surface area (Å²) in [5, 5.41) is 2.88. The zero-order chi connectivity index (χ0) is 14.7. The molecular formula is C15H27N3O2. The highest BCUT2D eigenvalue weighted by atomic mass is 16.2. The number of hydrogen-bond donors (Lipinski definition) is 2. The summed E-state index contributed by atoms with van der Waals surface area (Å²) in [6, 6.07) is -0.319. The van der Waals surface area contributed by atoms with E-state index in [2.05, 4.69) is 12.2 Å². The van der Waals surface area contributed by atoms with Gasteiger partial charge in [-0.05, 0) is 44.9 Å². The molecule has 1 aliphatic heterocycles. The van der Waals surface area contributed by atoms with Gasteiger partial charge in [0.25, 0.3) is 0 Å². The molecule has 0 aromatic heterocycles. The van der Waals surface area contributed by atoms with Crippen molar-refractivity contribution >= 4 is 11.8 Å². The van der Waals surface area contributed by atoms with E-state index in [1.807, 2.05) is 4.90 Å². The van der Waals surface area contributed by atoms with Crippen LogP contribution in [0.5, 0.6) is 0 Å². The molecule has 2 fully saturated rings. The Hall–Kier alpha value is -1.10. The van der Waals surface area contributed by atoms with Crippen molar-refractivity contribution in [2.45, 2.75) is 58.0 Å². The molecule has 1 aliphatic carbocycles. The number of carbonyl (C=O) groups excluding carboxylic acids is 2. The summed E-state index contributed by atoms with van der Waals surface area (Å²) < 4.78 is 0. The minimum absolute atomic E-state index is 0.00704. The van der Waals surface area contributed by atoms with E-state index in [-0.39, 0.29) is 23.8 Å².